The third-order valence-electron chi connectivity index (χ3n) is 11.5. The molecule has 4 aliphatic carbocycles. The van der Waals surface area contributed by atoms with Gasteiger partial charge in [-0.2, -0.15) is 0 Å². The highest BCUT2D eigenvalue weighted by atomic mass is 16.5. The van der Waals surface area contributed by atoms with Gasteiger partial charge in [0.05, 0.1) is 0 Å². The van der Waals surface area contributed by atoms with Crippen LogP contribution in [0.1, 0.15) is 112 Å². The molecule has 0 spiro atoms. The maximum Gasteiger partial charge on any atom is 0.331 e. The minimum Gasteiger partial charge on any atom is -0.478 e. The normalized spacial score (nSPS) is 41.8. The molecule has 0 aromatic heterocycles. The highest BCUT2D eigenvalue weighted by Gasteiger charge is 2.60. The fraction of sp³-hybridized carbons (Fsp3) is 0.871. The summed E-state index contributed by atoms with van der Waals surface area (Å²) in [7, 11) is 0. The van der Waals surface area contributed by atoms with E-state index in [1.807, 2.05) is 0 Å². The Balaban J connectivity index is 1.38. The Morgan fingerprint density at radius 2 is 1.63 bits per heavy atom. The van der Waals surface area contributed by atoms with Gasteiger partial charge in [0.15, 0.2) is 0 Å². The van der Waals surface area contributed by atoms with E-state index in [0.29, 0.717) is 16.7 Å². The van der Waals surface area contributed by atoms with Gasteiger partial charge in [-0.05, 0) is 110 Å². The molecule has 4 heteroatoms. The predicted octanol–water partition coefficient (Wildman–Crippen LogP) is 7.66. The molecule has 0 aromatic carbocycles. The number of hydrogen-bond donors (Lipinski definition) is 1. The van der Waals surface area contributed by atoms with Crippen LogP contribution in [0.3, 0.4) is 0 Å². The van der Waals surface area contributed by atoms with Gasteiger partial charge in [0.1, 0.15) is 6.10 Å². The van der Waals surface area contributed by atoms with Crippen LogP contribution < -0.4 is 0 Å². The zero-order valence-electron chi connectivity index (χ0n) is 22.9. The first-order valence-corrected chi connectivity index (χ1v) is 14.7. The van der Waals surface area contributed by atoms with Crippen molar-refractivity contribution in [3.63, 3.8) is 0 Å². The number of carbonyl (C=O) groups excluding carboxylic acids is 1. The Hall–Kier alpha value is -1.32. The summed E-state index contributed by atoms with van der Waals surface area (Å²) in [5.41, 5.74) is 0.899. The second kappa shape index (κ2) is 10.6. The Bertz CT molecular complexity index is 802. The monoisotopic (exact) mass is 486 g/mol. The number of carboxylic acid groups (broad SMARTS) is 1. The van der Waals surface area contributed by atoms with Gasteiger partial charge in [-0.3, -0.25) is 0 Å². The third kappa shape index (κ3) is 5.37. The Morgan fingerprint density at radius 1 is 0.914 bits per heavy atom. The molecule has 35 heavy (non-hydrogen) atoms. The van der Waals surface area contributed by atoms with Gasteiger partial charge in [-0.25, -0.2) is 9.59 Å². The lowest BCUT2D eigenvalue weighted by Gasteiger charge is -2.61. The molecule has 0 aromatic rings. The molecule has 0 saturated heterocycles. The van der Waals surface area contributed by atoms with Crippen molar-refractivity contribution in [2.45, 2.75) is 118 Å². The van der Waals surface area contributed by atoms with Gasteiger partial charge in [0, 0.05) is 12.2 Å². The molecule has 9 atom stereocenters. The number of carboxylic acids is 1. The van der Waals surface area contributed by atoms with E-state index in [-0.39, 0.29) is 6.10 Å². The summed E-state index contributed by atoms with van der Waals surface area (Å²) in [4.78, 5) is 22.8. The standard InChI is InChI=1S/C31H50O4/c1-20(2)7-6-8-21(3)25-11-12-26-24-10-9-22-19-23(35-29(34)14-13-28(32)33)15-17-30(22,4)27(24)16-18-31(25,26)5/h13-14,20-27H,6-12,15-19H2,1-5H3,(H,32,33). The van der Waals surface area contributed by atoms with E-state index in [1.165, 1.54) is 57.8 Å². The first-order valence-electron chi connectivity index (χ1n) is 14.7. The zero-order valence-corrected chi connectivity index (χ0v) is 22.9. The van der Waals surface area contributed by atoms with Crippen LogP contribution >= 0.6 is 0 Å². The summed E-state index contributed by atoms with van der Waals surface area (Å²) >= 11 is 0. The second-order valence-electron chi connectivity index (χ2n) is 13.7. The Labute approximate surface area is 213 Å². The SMILES string of the molecule is CC(C)CCCC(C)C1CCC2C3CCC4CC(OC(=O)C=CC(=O)O)CCC4(C)C3CCC12C. The van der Waals surface area contributed by atoms with Crippen molar-refractivity contribution >= 4 is 11.9 Å². The molecule has 0 heterocycles. The Morgan fingerprint density at radius 3 is 2.34 bits per heavy atom. The maximum atomic E-state index is 12.1. The quantitative estimate of drug-likeness (QED) is 0.282. The van der Waals surface area contributed by atoms with Crippen LogP contribution in [0, 0.1) is 52.3 Å². The molecule has 4 rings (SSSR count). The molecule has 9 unspecified atom stereocenters. The molecule has 0 amide bonds. The Kier molecular flexibility index (Phi) is 8.08. The van der Waals surface area contributed by atoms with Crippen LogP contribution in [0.2, 0.25) is 0 Å². The largest absolute Gasteiger partial charge is 0.478 e. The minimum atomic E-state index is -1.11. The fourth-order valence-electron chi connectivity index (χ4n) is 9.69. The fourth-order valence-corrected chi connectivity index (χ4v) is 9.69. The van der Waals surface area contributed by atoms with E-state index in [4.69, 9.17) is 9.84 Å². The number of esters is 1. The van der Waals surface area contributed by atoms with Gasteiger partial charge in [-0.1, -0.05) is 53.9 Å². The van der Waals surface area contributed by atoms with Crippen LogP contribution in [0.4, 0.5) is 0 Å². The van der Waals surface area contributed by atoms with Crippen LogP contribution in [0.15, 0.2) is 12.2 Å². The zero-order chi connectivity index (χ0) is 25.4. The first-order chi connectivity index (χ1) is 16.5. The summed E-state index contributed by atoms with van der Waals surface area (Å²) in [6, 6.07) is 0. The highest BCUT2D eigenvalue weighted by molar-refractivity contribution is 5.90. The van der Waals surface area contributed by atoms with Gasteiger partial charge in [0.2, 0.25) is 0 Å². The number of rotatable bonds is 8. The molecule has 4 nitrogen and oxygen atoms in total. The number of carbonyl (C=O) groups is 2. The minimum absolute atomic E-state index is 0.0630. The van der Waals surface area contributed by atoms with E-state index in [1.54, 1.807) is 0 Å². The van der Waals surface area contributed by atoms with E-state index in [2.05, 4.69) is 34.6 Å². The molecule has 1 N–H and O–H groups in total. The van der Waals surface area contributed by atoms with Crippen molar-refractivity contribution in [3.05, 3.63) is 12.2 Å². The van der Waals surface area contributed by atoms with E-state index in [0.717, 1.165) is 66.9 Å². The van der Waals surface area contributed by atoms with Crippen molar-refractivity contribution in [3.8, 4) is 0 Å². The van der Waals surface area contributed by atoms with Crippen LogP contribution in [-0.4, -0.2) is 23.1 Å². The van der Waals surface area contributed by atoms with Crippen molar-refractivity contribution in [1.29, 1.82) is 0 Å². The van der Waals surface area contributed by atoms with Gasteiger partial charge < -0.3 is 9.84 Å². The van der Waals surface area contributed by atoms with E-state index < -0.39 is 11.9 Å². The number of aliphatic carboxylic acids is 1. The van der Waals surface area contributed by atoms with E-state index in [9.17, 15) is 9.59 Å². The lowest BCUT2D eigenvalue weighted by Crippen LogP contribution is -2.54. The van der Waals surface area contributed by atoms with Crippen LogP contribution in [-0.2, 0) is 14.3 Å². The molecule has 4 saturated carbocycles. The van der Waals surface area contributed by atoms with Crippen molar-refractivity contribution in [2.24, 2.45) is 52.3 Å². The van der Waals surface area contributed by atoms with Crippen molar-refractivity contribution in [1.82, 2.24) is 0 Å². The average Bonchev–Trinajstić information content (AvgIpc) is 3.15. The molecule has 0 bridgehead atoms. The van der Waals surface area contributed by atoms with Gasteiger partial charge in [0.25, 0.3) is 0 Å². The maximum absolute atomic E-state index is 12.1. The van der Waals surface area contributed by atoms with Crippen molar-refractivity contribution < 1.29 is 19.4 Å². The summed E-state index contributed by atoms with van der Waals surface area (Å²) in [6.45, 7) is 12.5. The summed E-state index contributed by atoms with van der Waals surface area (Å²) in [6.07, 6.45) is 17.3. The van der Waals surface area contributed by atoms with Gasteiger partial charge in [-0.15, -0.1) is 0 Å². The lowest BCUT2D eigenvalue weighted by molar-refractivity contribution is -0.158. The molecule has 4 aliphatic rings. The molecular formula is C31H50O4. The van der Waals surface area contributed by atoms with Crippen molar-refractivity contribution in [2.75, 3.05) is 0 Å². The van der Waals surface area contributed by atoms with Crippen LogP contribution in [0.25, 0.3) is 0 Å². The molecule has 0 radical (unpaired) electrons. The molecular weight excluding hydrogens is 436 g/mol. The summed E-state index contributed by atoms with van der Waals surface area (Å²) in [5, 5.41) is 8.76. The second-order valence-corrected chi connectivity index (χ2v) is 13.7. The number of ether oxygens (including phenoxy) is 1. The summed E-state index contributed by atoms with van der Waals surface area (Å²) in [5.74, 6) is 4.16. The van der Waals surface area contributed by atoms with Gasteiger partial charge >= 0.3 is 11.9 Å². The molecule has 0 aliphatic heterocycles. The number of hydrogen-bond acceptors (Lipinski definition) is 3. The average molecular weight is 487 g/mol. The summed E-state index contributed by atoms with van der Waals surface area (Å²) < 4.78 is 5.66. The number of fused-ring (bicyclic) bond motifs is 5. The third-order valence-corrected chi connectivity index (χ3v) is 11.5. The lowest BCUT2D eigenvalue weighted by atomic mass is 9.44. The first kappa shape index (κ1) is 26.7. The molecule has 4 fully saturated rings. The smallest absolute Gasteiger partial charge is 0.331 e. The molecule has 198 valence electrons. The highest BCUT2D eigenvalue weighted by Crippen LogP contribution is 2.68. The topological polar surface area (TPSA) is 63.6 Å². The predicted molar refractivity (Wildman–Crippen MR) is 140 cm³/mol. The van der Waals surface area contributed by atoms with E-state index >= 15 is 0 Å². The van der Waals surface area contributed by atoms with Crippen LogP contribution in [0.5, 0.6) is 0 Å².